The van der Waals surface area contributed by atoms with E-state index in [0.717, 1.165) is 0 Å². The number of phenols is 1. The Bertz CT molecular complexity index is 1120. The molecular formula is C21H18ClNO5. The maximum absolute atomic E-state index is 13.3. The van der Waals surface area contributed by atoms with Crippen molar-refractivity contribution in [1.29, 1.82) is 0 Å². The molecule has 4 rings (SSSR count). The van der Waals surface area contributed by atoms with Gasteiger partial charge < -0.3 is 19.2 Å². The molecule has 2 aromatic carbocycles. The van der Waals surface area contributed by atoms with Gasteiger partial charge in [-0.05, 0) is 42.3 Å². The Morgan fingerprint density at radius 1 is 1.21 bits per heavy atom. The van der Waals surface area contributed by atoms with Crippen LogP contribution in [-0.4, -0.2) is 36.2 Å². The Morgan fingerprint density at radius 2 is 2.04 bits per heavy atom. The molecule has 7 heteroatoms. The predicted molar refractivity (Wildman–Crippen MR) is 105 cm³/mol. The van der Waals surface area contributed by atoms with Gasteiger partial charge in [0.15, 0.2) is 5.43 Å². The summed E-state index contributed by atoms with van der Waals surface area (Å²) in [5, 5.41) is 10.7. The molecule has 1 aliphatic heterocycles. The minimum Gasteiger partial charge on any atom is -0.508 e. The van der Waals surface area contributed by atoms with Crippen molar-refractivity contribution in [3.8, 4) is 5.75 Å². The van der Waals surface area contributed by atoms with Crippen LogP contribution in [0.4, 0.5) is 0 Å². The van der Waals surface area contributed by atoms with Crippen LogP contribution >= 0.6 is 11.6 Å². The van der Waals surface area contributed by atoms with Crippen molar-refractivity contribution in [2.45, 2.75) is 12.5 Å². The molecule has 0 bridgehead atoms. The zero-order valence-corrected chi connectivity index (χ0v) is 15.9. The summed E-state index contributed by atoms with van der Waals surface area (Å²) in [7, 11) is 1.59. The van der Waals surface area contributed by atoms with Gasteiger partial charge in [0.1, 0.15) is 11.3 Å². The Labute approximate surface area is 165 Å². The molecule has 0 saturated heterocycles. The molecule has 0 aliphatic carbocycles. The minimum atomic E-state index is -0.647. The van der Waals surface area contributed by atoms with E-state index in [2.05, 4.69) is 0 Å². The van der Waals surface area contributed by atoms with Crippen LogP contribution < -0.4 is 5.43 Å². The number of ether oxygens (including phenoxy) is 1. The van der Waals surface area contributed by atoms with E-state index in [-0.39, 0.29) is 28.4 Å². The first kappa shape index (κ1) is 18.5. The second-order valence-corrected chi connectivity index (χ2v) is 7.09. The predicted octanol–water partition coefficient (Wildman–Crippen LogP) is 3.73. The number of rotatable bonds is 5. The van der Waals surface area contributed by atoms with Crippen LogP contribution in [0.3, 0.4) is 0 Å². The van der Waals surface area contributed by atoms with Gasteiger partial charge in [0.25, 0.3) is 5.91 Å². The maximum Gasteiger partial charge on any atom is 0.290 e. The second-order valence-electron chi connectivity index (χ2n) is 6.66. The average Bonchev–Trinajstić information content (AvgIpc) is 2.95. The van der Waals surface area contributed by atoms with Gasteiger partial charge >= 0.3 is 0 Å². The molecule has 0 spiro atoms. The van der Waals surface area contributed by atoms with Gasteiger partial charge in [0.2, 0.25) is 5.76 Å². The molecule has 0 fully saturated rings. The first-order chi connectivity index (χ1) is 13.5. The number of hydrogen-bond acceptors (Lipinski definition) is 5. The van der Waals surface area contributed by atoms with E-state index in [4.69, 9.17) is 20.8 Å². The lowest BCUT2D eigenvalue weighted by molar-refractivity contribution is 0.0707. The van der Waals surface area contributed by atoms with Crippen LogP contribution in [0.25, 0.3) is 11.0 Å². The first-order valence-electron chi connectivity index (χ1n) is 8.86. The third-order valence-corrected chi connectivity index (χ3v) is 5.10. The molecule has 1 unspecified atom stereocenters. The minimum absolute atomic E-state index is 0.0329. The third-order valence-electron chi connectivity index (χ3n) is 4.86. The van der Waals surface area contributed by atoms with Crippen molar-refractivity contribution in [1.82, 2.24) is 4.90 Å². The largest absolute Gasteiger partial charge is 0.508 e. The van der Waals surface area contributed by atoms with Gasteiger partial charge in [-0.15, -0.1) is 0 Å². The van der Waals surface area contributed by atoms with E-state index in [1.807, 2.05) is 0 Å². The summed E-state index contributed by atoms with van der Waals surface area (Å²) >= 11 is 6.05. The van der Waals surface area contributed by atoms with Crippen LogP contribution in [0.1, 0.15) is 34.1 Å². The van der Waals surface area contributed by atoms with Gasteiger partial charge in [-0.1, -0.05) is 23.7 Å². The Kier molecular flexibility index (Phi) is 4.83. The zero-order chi connectivity index (χ0) is 19.8. The number of phenolic OH excluding ortho intramolecular Hbond substituents is 1. The molecule has 1 N–H and O–H groups in total. The highest BCUT2D eigenvalue weighted by molar-refractivity contribution is 6.31. The summed E-state index contributed by atoms with van der Waals surface area (Å²) in [6, 6.07) is 10.6. The smallest absolute Gasteiger partial charge is 0.290 e. The second kappa shape index (κ2) is 7.30. The van der Waals surface area contributed by atoms with Crippen molar-refractivity contribution >= 4 is 28.5 Å². The summed E-state index contributed by atoms with van der Waals surface area (Å²) in [6.45, 7) is 0.861. The lowest BCUT2D eigenvalue weighted by Crippen LogP contribution is -2.31. The number of benzene rings is 2. The Balaban J connectivity index is 1.93. The van der Waals surface area contributed by atoms with Crippen molar-refractivity contribution in [3.05, 3.63) is 74.6 Å². The molecule has 0 radical (unpaired) electrons. The summed E-state index contributed by atoms with van der Waals surface area (Å²) in [6.07, 6.45) is 0.602. The quantitative estimate of drug-likeness (QED) is 0.661. The summed E-state index contributed by atoms with van der Waals surface area (Å²) in [5.41, 5.74) is 0.922. The topological polar surface area (TPSA) is 80.0 Å². The van der Waals surface area contributed by atoms with E-state index < -0.39 is 6.04 Å². The van der Waals surface area contributed by atoms with Gasteiger partial charge in [-0.25, -0.2) is 0 Å². The molecular weight excluding hydrogens is 382 g/mol. The normalized spacial score (nSPS) is 16.0. The average molecular weight is 400 g/mol. The van der Waals surface area contributed by atoms with Gasteiger partial charge in [-0.3, -0.25) is 9.59 Å². The fraction of sp³-hybridized carbons (Fsp3) is 0.238. The summed E-state index contributed by atoms with van der Waals surface area (Å²) in [5.74, 6) is -0.262. The van der Waals surface area contributed by atoms with Crippen LogP contribution in [0.15, 0.2) is 51.7 Å². The van der Waals surface area contributed by atoms with Gasteiger partial charge in [0, 0.05) is 25.3 Å². The van der Waals surface area contributed by atoms with Crippen LogP contribution in [0.2, 0.25) is 5.02 Å². The SMILES string of the molecule is COCCCN1C(=O)c2oc3ccc(Cl)cc3c(=O)c2C1c1cccc(O)c1. The lowest BCUT2D eigenvalue weighted by Gasteiger charge is -2.25. The van der Waals surface area contributed by atoms with E-state index in [9.17, 15) is 14.7 Å². The number of amides is 1. The monoisotopic (exact) mass is 399 g/mol. The van der Waals surface area contributed by atoms with Gasteiger partial charge in [0.05, 0.1) is 17.0 Å². The van der Waals surface area contributed by atoms with E-state index >= 15 is 0 Å². The highest BCUT2D eigenvalue weighted by Gasteiger charge is 2.42. The number of carbonyl (C=O) groups is 1. The number of methoxy groups -OCH3 is 1. The summed E-state index contributed by atoms with van der Waals surface area (Å²) in [4.78, 5) is 28.0. The summed E-state index contributed by atoms with van der Waals surface area (Å²) < 4.78 is 10.9. The highest BCUT2D eigenvalue weighted by Crippen LogP contribution is 2.39. The highest BCUT2D eigenvalue weighted by atomic mass is 35.5. The molecule has 28 heavy (non-hydrogen) atoms. The number of fused-ring (bicyclic) bond motifs is 2. The van der Waals surface area contributed by atoms with E-state index in [1.165, 1.54) is 0 Å². The van der Waals surface area contributed by atoms with Crippen molar-refractivity contribution in [3.63, 3.8) is 0 Å². The molecule has 1 atom stereocenters. The number of nitrogens with zero attached hydrogens (tertiary/aromatic N) is 1. The van der Waals surface area contributed by atoms with Crippen LogP contribution in [0.5, 0.6) is 5.75 Å². The van der Waals surface area contributed by atoms with Gasteiger partial charge in [-0.2, -0.15) is 0 Å². The molecule has 6 nitrogen and oxygen atoms in total. The number of carbonyl (C=O) groups excluding carboxylic acids is 1. The molecule has 1 amide bonds. The lowest BCUT2D eigenvalue weighted by atomic mass is 9.98. The molecule has 3 aromatic rings. The Hall–Kier alpha value is -2.83. The Morgan fingerprint density at radius 3 is 2.79 bits per heavy atom. The molecule has 0 saturated carbocycles. The van der Waals surface area contributed by atoms with Crippen molar-refractivity contribution in [2.24, 2.45) is 0 Å². The third kappa shape index (κ3) is 3.04. The fourth-order valence-electron chi connectivity index (χ4n) is 3.64. The number of aromatic hydroxyl groups is 1. The van der Waals surface area contributed by atoms with Crippen LogP contribution in [-0.2, 0) is 4.74 Å². The zero-order valence-electron chi connectivity index (χ0n) is 15.1. The number of halogens is 1. The van der Waals surface area contributed by atoms with Crippen LogP contribution in [0, 0.1) is 0 Å². The standard InChI is InChI=1S/C21H18ClNO5/c1-27-9-3-8-23-18(12-4-2-5-14(24)10-12)17-19(25)15-11-13(22)6-7-16(15)28-20(17)21(23)26/h2,4-7,10-11,18,24H,3,8-9H2,1H3. The number of hydrogen-bond donors (Lipinski definition) is 1. The maximum atomic E-state index is 13.3. The van der Waals surface area contributed by atoms with E-state index in [1.54, 1.807) is 54.5 Å². The first-order valence-corrected chi connectivity index (χ1v) is 9.24. The fourth-order valence-corrected chi connectivity index (χ4v) is 3.82. The molecule has 144 valence electrons. The van der Waals surface area contributed by atoms with Crippen molar-refractivity contribution < 1.29 is 19.1 Å². The molecule has 1 aromatic heterocycles. The molecule has 2 heterocycles. The molecule has 1 aliphatic rings. The van der Waals surface area contributed by atoms with Crippen molar-refractivity contribution in [2.75, 3.05) is 20.3 Å². The van der Waals surface area contributed by atoms with E-state index in [0.29, 0.717) is 41.1 Å².